The molecule has 96 valence electrons. The molecule has 2 rings (SSSR count). The van der Waals surface area contributed by atoms with E-state index < -0.39 is 17.7 Å². The Balaban J connectivity index is 1.93. The number of rotatable bonds is 5. The van der Waals surface area contributed by atoms with Crippen LogP contribution in [0.3, 0.4) is 0 Å². The first-order valence-electron chi connectivity index (χ1n) is 5.83. The van der Waals surface area contributed by atoms with Crippen molar-refractivity contribution in [2.24, 2.45) is 0 Å². The minimum Gasteiger partial charge on any atom is -0.388 e. The van der Waals surface area contributed by atoms with Crippen molar-refractivity contribution < 1.29 is 13.9 Å². The van der Waals surface area contributed by atoms with Gasteiger partial charge in [0.05, 0.1) is 11.7 Å². The monoisotopic (exact) mass is 268 g/mol. The Bertz CT molecular complexity index is 476. The van der Waals surface area contributed by atoms with E-state index in [0.29, 0.717) is 12.8 Å². The maximum absolute atomic E-state index is 13.4. The summed E-state index contributed by atoms with van der Waals surface area (Å²) in [4.78, 5) is 1.22. The van der Waals surface area contributed by atoms with Gasteiger partial charge in [0.15, 0.2) is 0 Å². The maximum atomic E-state index is 13.4. The molecule has 0 aliphatic rings. The molecular weight excluding hydrogens is 254 g/mol. The summed E-state index contributed by atoms with van der Waals surface area (Å²) in [6.07, 6.45) is 0.807. The fourth-order valence-corrected chi connectivity index (χ4v) is 2.65. The Morgan fingerprint density at radius 1 is 1.11 bits per heavy atom. The third-order valence-electron chi connectivity index (χ3n) is 2.81. The summed E-state index contributed by atoms with van der Waals surface area (Å²) in [6.45, 7) is 0. The zero-order valence-electron chi connectivity index (χ0n) is 9.77. The summed E-state index contributed by atoms with van der Waals surface area (Å²) in [5.74, 6) is -1.36. The first-order valence-corrected chi connectivity index (χ1v) is 6.71. The summed E-state index contributed by atoms with van der Waals surface area (Å²) >= 11 is 1.65. The van der Waals surface area contributed by atoms with Crippen LogP contribution in [0, 0.1) is 11.6 Å². The van der Waals surface area contributed by atoms with Crippen molar-refractivity contribution in [2.75, 3.05) is 0 Å². The van der Waals surface area contributed by atoms with E-state index in [0.717, 1.165) is 6.42 Å². The third-order valence-corrected chi connectivity index (χ3v) is 3.75. The highest BCUT2D eigenvalue weighted by atomic mass is 32.1. The lowest BCUT2D eigenvalue weighted by molar-refractivity contribution is 0.155. The van der Waals surface area contributed by atoms with Crippen LogP contribution in [0.15, 0.2) is 35.7 Å². The van der Waals surface area contributed by atoms with Gasteiger partial charge in [0.25, 0.3) is 0 Å². The average Bonchev–Trinajstić information content (AvgIpc) is 2.82. The van der Waals surface area contributed by atoms with Gasteiger partial charge >= 0.3 is 0 Å². The second-order valence-electron chi connectivity index (χ2n) is 4.12. The standard InChI is InChI=1S/C14H14F2OS/c15-11-6-2-7-12(16)14(11)13(17)8-1-4-10-5-3-9-18-10/h2-3,5-7,9,13,17H,1,4,8H2. The molecule has 18 heavy (non-hydrogen) atoms. The van der Waals surface area contributed by atoms with Gasteiger partial charge in [-0.15, -0.1) is 11.3 Å². The van der Waals surface area contributed by atoms with Crippen LogP contribution in [-0.2, 0) is 6.42 Å². The van der Waals surface area contributed by atoms with Crippen LogP contribution in [0.1, 0.15) is 29.4 Å². The zero-order valence-corrected chi connectivity index (χ0v) is 10.6. The van der Waals surface area contributed by atoms with Gasteiger partial charge in [-0.05, 0) is 42.8 Å². The number of thiophene rings is 1. The minimum absolute atomic E-state index is 0.219. The summed E-state index contributed by atoms with van der Waals surface area (Å²) in [7, 11) is 0. The van der Waals surface area contributed by atoms with E-state index in [1.807, 2.05) is 17.5 Å². The highest BCUT2D eigenvalue weighted by molar-refractivity contribution is 7.09. The van der Waals surface area contributed by atoms with Crippen LogP contribution >= 0.6 is 11.3 Å². The number of halogens is 2. The van der Waals surface area contributed by atoms with Gasteiger partial charge in [0.1, 0.15) is 11.6 Å². The molecule has 0 bridgehead atoms. The largest absolute Gasteiger partial charge is 0.388 e. The first kappa shape index (κ1) is 13.2. The molecule has 1 heterocycles. The molecule has 0 saturated carbocycles. The van der Waals surface area contributed by atoms with Crippen molar-refractivity contribution in [1.29, 1.82) is 0 Å². The lowest BCUT2D eigenvalue weighted by Gasteiger charge is -2.12. The number of aliphatic hydroxyl groups is 1. The van der Waals surface area contributed by atoms with E-state index in [-0.39, 0.29) is 5.56 Å². The van der Waals surface area contributed by atoms with Gasteiger partial charge in [-0.3, -0.25) is 0 Å². The Labute approximate surface area is 109 Å². The quantitative estimate of drug-likeness (QED) is 0.866. The molecular formula is C14H14F2OS. The van der Waals surface area contributed by atoms with E-state index in [4.69, 9.17) is 0 Å². The van der Waals surface area contributed by atoms with Crippen LogP contribution in [-0.4, -0.2) is 5.11 Å². The third kappa shape index (κ3) is 3.15. The molecule has 0 spiro atoms. The molecule has 0 radical (unpaired) electrons. The molecule has 2 aromatic rings. The molecule has 4 heteroatoms. The van der Waals surface area contributed by atoms with Gasteiger partial charge in [0.2, 0.25) is 0 Å². The van der Waals surface area contributed by atoms with Crippen molar-refractivity contribution in [3.8, 4) is 0 Å². The van der Waals surface area contributed by atoms with Crippen LogP contribution in [0.4, 0.5) is 8.78 Å². The van der Waals surface area contributed by atoms with Gasteiger partial charge in [0, 0.05) is 4.88 Å². The fraction of sp³-hybridized carbons (Fsp3) is 0.286. The predicted octanol–water partition coefficient (Wildman–Crippen LogP) is 4.08. The second kappa shape index (κ2) is 6.07. The fourth-order valence-electron chi connectivity index (χ4n) is 1.90. The zero-order chi connectivity index (χ0) is 13.0. The number of hydrogen-bond donors (Lipinski definition) is 1. The molecule has 0 saturated heterocycles. The van der Waals surface area contributed by atoms with Crippen molar-refractivity contribution in [3.05, 3.63) is 57.8 Å². The van der Waals surface area contributed by atoms with E-state index in [1.165, 1.54) is 23.1 Å². The maximum Gasteiger partial charge on any atom is 0.131 e. The lowest BCUT2D eigenvalue weighted by atomic mass is 10.0. The van der Waals surface area contributed by atoms with Gasteiger partial charge in [-0.25, -0.2) is 8.78 Å². The summed E-state index contributed by atoms with van der Waals surface area (Å²) in [6, 6.07) is 7.61. The van der Waals surface area contributed by atoms with E-state index in [1.54, 1.807) is 11.3 Å². The van der Waals surface area contributed by atoms with E-state index >= 15 is 0 Å². The van der Waals surface area contributed by atoms with Crippen LogP contribution in [0.2, 0.25) is 0 Å². The number of hydrogen-bond acceptors (Lipinski definition) is 2. The predicted molar refractivity (Wildman–Crippen MR) is 68.6 cm³/mol. The lowest BCUT2D eigenvalue weighted by Crippen LogP contribution is -2.04. The Morgan fingerprint density at radius 3 is 2.44 bits per heavy atom. The van der Waals surface area contributed by atoms with Gasteiger partial charge < -0.3 is 5.11 Å². The van der Waals surface area contributed by atoms with Crippen LogP contribution in [0.25, 0.3) is 0 Å². The molecule has 1 N–H and O–H groups in total. The topological polar surface area (TPSA) is 20.2 Å². The summed E-state index contributed by atoms with van der Waals surface area (Å²) in [5.41, 5.74) is -0.219. The number of aryl methyl sites for hydroxylation is 1. The van der Waals surface area contributed by atoms with Crippen molar-refractivity contribution in [2.45, 2.75) is 25.4 Å². The van der Waals surface area contributed by atoms with E-state index in [9.17, 15) is 13.9 Å². The average molecular weight is 268 g/mol. The van der Waals surface area contributed by atoms with Crippen LogP contribution in [0.5, 0.6) is 0 Å². The summed E-state index contributed by atoms with van der Waals surface area (Å²) in [5, 5.41) is 11.8. The highest BCUT2D eigenvalue weighted by Gasteiger charge is 2.17. The summed E-state index contributed by atoms with van der Waals surface area (Å²) < 4.78 is 26.8. The van der Waals surface area contributed by atoms with Crippen LogP contribution < -0.4 is 0 Å². The van der Waals surface area contributed by atoms with Gasteiger partial charge in [-0.2, -0.15) is 0 Å². The Kier molecular flexibility index (Phi) is 4.44. The molecule has 1 aromatic heterocycles. The van der Waals surface area contributed by atoms with E-state index in [2.05, 4.69) is 0 Å². The SMILES string of the molecule is OC(CCCc1cccs1)c1c(F)cccc1F. The first-order chi connectivity index (χ1) is 8.68. The minimum atomic E-state index is -1.08. The highest BCUT2D eigenvalue weighted by Crippen LogP contribution is 2.25. The van der Waals surface area contributed by atoms with Gasteiger partial charge in [-0.1, -0.05) is 12.1 Å². The molecule has 1 atom stereocenters. The molecule has 0 amide bonds. The van der Waals surface area contributed by atoms with Crippen molar-refractivity contribution in [3.63, 3.8) is 0 Å². The number of benzene rings is 1. The smallest absolute Gasteiger partial charge is 0.131 e. The Morgan fingerprint density at radius 2 is 1.83 bits per heavy atom. The molecule has 1 nitrogen and oxygen atoms in total. The molecule has 1 aromatic carbocycles. The second-order valence-corrected chi connectivity index (χ2v) is 5.15. The normalized spacial score (nSPS) is 12.6. The Hall–Kier alpha value is -1.26. The van der Waals surface area contributed by atoms with Crippen molar-refractivity contribution >= 4 is 11.3 Å². The molecule has 1 unspecified atom stereocenters. The number of aliphatic hydroxyl groups excluding tert-OH is 1. The molecule has 0 aliphatic carbocycles. The van der Waals surface area contributed by atoms with Crippen molar-refractivity contribution in [1.82, 2.24) is 0 Å². The molecule has 0 aliphatic heterocycles. The molecule has 0 fully saturated rings.